The third kappa shape index (κ3) is 4.32. The predicted molar refractivity (Wildman–Crippen MR) is 79.3 cm³/mol. The summed E-state index contributed by atoms with van der Waals surface area (Å²) in [7, 11) is 0. The Morgan fingerprint density at radius 3 is 2.85 bits per heavy atom. The van der Waals surface area contributed by atoms with Gasteiger partial charge in [-0.15, -0.1) is 0 Å². The van der Waals surface area contributed by atoms with Gasteiger partial charge < -0.3 is 15.8 Å². The van der Waals surface area contributed by atoms with E-state index in [4.69, 9.17) is 10.5 Å². The lowest BCUT2D eigenvalue weighted by atomic mass is 9.99. The van der Waals surface area contributed by atoms with Crippen LogP contribution in [0.15, 0.2) is 30.3 Å². The Morgan fingerprint density at radius 1 is 1.45 bits per heavy atom. The number of ether oxygens (including phenoxy) is 1. The molecule has 1 amide bonds. The van der Waals surface area contributed by atoms with Crippen molar-refractivity contribution < 1.29 is 9.53 Å². The normalized spacial score (nSPS) is 21.4. The van der Waals surface area contributed by atoms with Gasteiger partial charge in [-0.1, -0.05) is 30.3 Å². The number of aryl methyl sites for hydroxylation is 1. The number of amides is 1. The van der Waals surface area contributed by atoms with Gasteiger partial charge in [0.05, 0.1) is 12.6 Å². The summed E-state index contributed by atoms with van der Waals surface area (Å²) in [5.74, 6) is 0.362. The quantitative estimate of drug-likeness (QED) is 0.827. The molecular formula is C16H24N2O2. The van der Waals surface area contributed by atoms with Crippen LogP contribution >= 0.6 is 0 Å². The maximum absolute atomic E-state index is 12.1. The zero-order valence-corrected chi connectivity index (χ0v) is 12.0. The van der Waals surface area contributed by atoms with Gasteiger partial charge in [-0.05, 0) is 31.7 Å². The van der Waals surface area contributed by atoms with Crippen LogP contribution < -0.4 is 11.1 Å². The first-order valence-corrected chi connectivity index (χ1v) is 7.34. The highest BCUT2D eigenvalue weighted by atomic mass is 16.5. The molecule has 4 nitrogen and oxygen atoms in total. The topological polar surface area (TPSA) is 64.4 Å². The first-order chi connectivity index (χ1) is 9.66. The van der Waals surface area contributed by atoms with E-state index in [1.54, 1.807) is 0 Å². The second-order valence-corrected chi connectivity index (χ2v) is 5.55. The van der Waals surface area contributed by atoms with Crippen molar-refractivity contribution in [2.24, 2.45) is 11.7 Å². The first kappa shape index (κ1) is 15.0. The molecule has 4 heteroatoms. The minimum Gasteiger partial charge on any atom is -0.381 e. The van der Waals surface area contributed by atoms with Gasteiger partial charge in [0.25, 0.3) is 0 Å². The van der Waals surface area contributed by atoms with Gasteiger partial charge in [0.1, 0.15) is 0 Å². The number of benzene rings is 1. The Labute approximate surface area is 120 Å². The van der Waals surface area contributed by atoms with Gasteiger partial charge in [0.2, 0.25) is 5.91 Å². The van der Waals surface area contributed by atoms with Crippen LogP contribution in [0.5, 0.6) is 0 Å². The van der Waals surface area contributed by atoms with Crippen LogP contribution in [0.1, 0.15) is 25.3 Å². The van der Waals surface area contributed by atoms with Crippen molar-refractivity contribution in [3.8, 4) is 0 Å². The lowest BCUT2D eigenvalue weighted by Crippen LogP contribution is -2.47. The highest BCUT2D eigenvalue weighted by Gasteiger charge is 2.25. The Kier molecular flexibility index (Phi) is 5.56. The van der Waals surface area contributed by atoms with Crippen LogP contribution in [0.25, 0.3) is 0 Å². The van der Waals surface area contributed by atoms with Crippen molar-refractivity contribution in [3.05, 3.63) is 35.9 Å². The molecule has 1 aliphatic rings. The summed E-state index contributed by atoms with van der Waals surface area (Å²) in [5.41, 5.74) is 7.18. The second-order valence-electron chi connectivity index (χ2n) is 5.55. The zero-order chi connectivity index (χ0) is 14.4. The SMILES string of the molecule is CC(NC(=O)[C@@H](N)CCc1ccccc1)C1CCOC1. The van der Waals surface area contributed by atoms with Crippen molar-refractivity contribution in [1.29, 1.82) is 0 Å². The van der Waals surface area contributed by atoms with Crippen LogP contribution in [0.4, 0.5) is 0 Å². The number of nitrogens with one attached hydrogen (secondary N) is 1. The summed E-state index contributed by atoms with van der Waals surface area (Å²) in [5, 5.41) is 3.01. The summed E-state index contributed by atoms with van der Waals surface area (Å²) in [4.78, 5) is 12.1. The van der Waals surface area contributed by atoms with Gasteiger partial charge in [0.15, 0.2) is 0 Å². The number of rotatable bonds is 6. The van der Waals surface area contributed by atoms with E-state index in [1.165, 1.54) is 5.56 Å². The standard InChI is InChI=1S/C16H24N2O2/c1-12(14-9-10-20-11-14)18-16(19)15(17)8-7-13-5-3-2-4-6-13/h2-6,12,14-15H,7-11,17H2,1H3,(H,18,19)/t12?,14?,15-/m0/s1. The average Bonchev–Trinajstić information content (AvgIpc) is 3.00. The molecule has 0 aliphatic carbocycles. The number of hydrogen-bond acceptors (Lipinski definition) is 3. The lowest BCUT2D eigenvalue weighted by molar-refractivity contribution is -0.123. The molecule has 3 atom stereocenters. The minimum absolute atomic E-state index is 0.0552. The summed E-state index contributed by atoms with van der Waals surface area (Å²) in [6.45, 7) is 3.56. The molecule has 20 heavy (non-hydrogen) atoms. The summed E-state index contributed by atoms with van der Waals surface area (Å²) in [6, 6.07) is 9.80. The van der Waals surface area contributed by atoms with Crippen molar-refractivity contribution in [1.82, 2.24) is 5.32 Å². The molecule has 0 bridgehead atoms. The molecule has 0 aromatic heterocycles. The second kappa shape index (κ2) is 7.41. The van der Waals surface area contributed by atoms with E-state index in [9.17, 15) is 4.79 Å². The van der Waals surface area contributed by atoms with E-state index in [0.29, 0.717) is 12.3 Å². The molecule has 0 saturated carbocycles. The highest BCUT2D eigenvalue weighted by molar-refractivity contribution is 5.81. The van der Waals surface area contributed by atoms with E-state index in [-0.39, 0.29) is 11.9 Å². The number of hydrogen-bond donors (Lipinski definition) is 2. The minimum atomic E-state index is -0.444. The highest BCUT2D eigenvalue weighted by Crippen LogP contribution is 2.16. The van der Waals surface area contributed by atoms with Crippen LogP contribution in [-0.2, 0) is 16.0 Å². The van der Waals surface area contributed by atoms with Crippen molar-refractivity contribution in [3.63, 3.8) is 0 Å². The third-order valence-electron chi connectivity index (χ3n) is 3.97. The molecule has 1 aromatic carbocycles. The van der Waals surface area contributed by atoms with E-state index < -0.39 is 6.04 Å². The molecule has 2 rings (SSSR count). The van der Waals surface area contributed by atoms with E-state index in [2.05, 4.69) is 17.4 Å². The molecule has 3 N–H and O–H groups in total. The molecule has 2 unspecified atom stereocenters. The molecule has 1 fully saturated rings. The molecule has 110 valence electrons. The Balaban J connectivity index is 1.74. The third-order valence-corrected chi connectivity index (χ3v) is 3.97. The molecule has 0 radical (unpaired) electrons. The van der Waals surface area contributed by atoms with E-state index in [0.717, 1.165) is 26.1 Å². The molecule has 1 aromatic rings. The molecule has 1 saturated heterocycles. The van der Waals surface area contributed by atoms with Crippen molar-refractivity contribution in [2.75, 3.05) is 13.2 Å². The van der Waals surface area contributed by atoms with Gasteiger partial charge >= 0.3 is 0 Å². The fourth-order valence-electron chi connectivity index (χ4n) is 2.49. The van der Waals surface area contributed by atoms with E-state index >= 15 is 0 Å². The summed E-state index contributed by atoms with van der Waals surface area (Å²) >= 11 is 0. The predicted octanol–water partition coefficient (Wildman–Crippen LogP) is 1.49. The van der Waals surface area contributed by atoms with Gasteiger partial charge in [-0.3, -0.25) is 4.79 Å². The Bertz CT molecular complexity index is 416. The van der Waals surface area contributed by atoms with Gasteiger partial charge in [-0.2, -0.15) is 0 Å². The molecule has 0 spiro atoms. The number of carbonyl (C=O) groups excluding carboxylic acids is 1. The summed E-state index contributed by atoms with van der Waals surface area (Å²) in [6.07, 6.45) is 2.51. The maximum Gasteiger partial charge on any atom is 0.237 e. The fraction of sp³-hybridized carbons (Fsp3) is 0.562. The number of nitrogens with two attached hydrogens (primary N) is 1. The maximum atomic E-state index is 12.1. The molecule has 1 heterocycles. The van der Waals surface area contributed by atoms with Crippen LogP contribution in [0.2, 0.25) is 0 Å². The van der Waals surface area contributed by atoms with Gasteiger partial charge in [0, 0.05) is 18.6 Å². The van der Waals surface area contributed by atoms with Crippen molar-refractivity contribution >= 4 is 5.91 Å². The summed E-state index contributed by atoms with van der Waals surface area (Å²) < 4.78 is 5.34. The molecular weight excluding hydrogens is 252 g/mol. The van der Waals surface area contributed by atoms with Gasteiger partial charge in [-0.25, -0.2) is 0 Å². The largest absolute Gasteiger partial charge is 0.381 e. The smallest absolute Gasteiger partial charge is 0.237 e. The van der Waals surface area contributed by atoms with Crippen LogP contribution in [-0.4, -0.2) is 31.2 Å². The van der Waals surface area contributed by atoms with Crippen molar-refractivity contribution in [2.45, 2.75) is 38.3 Å². The fourth-order valence-corrected chi connectivity index (χ4v) is 2.49. The van der Waals surface area contributed by atoms with E-state index in [1.807, 2.05) is 25.1 Å². The zero-order valence-electron chi connectivity index (χ0n) is 12.0. The average molecular weight is 276 g/mol. The Morgan fingerprint density at radius 2 is 2.20 bits per heavy atom. The number of carbonyl (C=O) groups is 1. The van der Waals surface area contributed by atoms with Crippen LogP contribution in [0.3, 0.4) is 0 Å². The Hall–Kier alpha value is -1.39. The monoisotopic (exact) mass is 276 g/mol. The first-order valence-electron chi connectivity index (χ1n) is 7.34. The lowest BCUT2D eigenvalue weighted by Gasteiger charge is -2.21. The van der Waals surface area contributed by atoms with Crippen LogP contribution in [0, 0.1) is 5.92 Å². The molecule has 1 aliphatic heterocycles.